The summed E-state index contributed by atoms with van der Waals surface area (Å²) >= 11 is 0. The van der Waals surface area contributed by atoms with Gasteiger partial charge in [0.25, 0.3) is 0 Å². The highest BCUT2D eigenvalue weighted by Crippen LogP contribution is 2.63. The molecule has 0 aromatic heterocycles. The monoisotopic (exact) mass is 233 g/mol. The number of hydrogen-bond donors (Lipinski definition) is 2. The van der Waals surface area contributed by atoms with Gasteiger partial charge in [-0.1, -0.05) is 44.5 Å². The van der Waals surface area contributed by atoms with Gasteiger partial charge in [-0.3, -0.25) is 0 Å². The van der Waals surface area contributed by atoms with E-state index in [2.05, 4.69) is 38.1 Å². The van der Waals surface area contributed by atoms with Crippen molar-refractivity contribution in [1.29, 1.82) is 0 Å². The minimum atomic E-state index is -0.0841. The van der Waals surface area contributed by atoms with Crippen LogP contribution in [0.3, 0.4) is 0 Å². The maximum atomic E-state index is 9.51. The van der Waals surface area contributed by atoms with Crippen LogP contribution in [0.5, 0.6) is 0 Å². The van der Waals surface area contributed by atoms with Gasteiger partial charge in [0.1, 0.15) is 0 Å². The molecule has 0 radical (unpaired) electrons. The second-order valence-electron chi connectivity index (χ2n) is 5.60. The Labute approximate surface area is 104 Å². The molecule has 1 aliphatic rings. The predicted molar refractivity (Wildman–Crippen MR) is 71.0 cm³/mol. The number of benzene rings is 1. The van der Waals surface area contributed by atoms with Gasteiger partial charge in [-0.2, -0.15) is 0 Å². The lowest BCUT2D eigenvalue weighted by molar-refractivity contribution is 0.198. The second-order valence-corrected chi connectivity index (χ2v) is 5.60. The topological polar surface area (TPSA) is 46.2 Å². The molecule has 17 heavy (non-hydrogen) atoms. The molecule has 2 atom stereocenters. The van der Waals surface area contributed by atoms with Crippen molar-refractivity contribution < 1.29 is 5.11 Å². The van der Waals surface area contributed by atoms with E-state index >= 15 is 0 Å². The summed E-state index contributed by atoms with van der Waals surface area (Å²) in [4.78, 5) is 0. The number of aliphatic hydroxyl groups excluding tert-OH is 1. The van der Waals surface area contributed by atoms with Crippen LogP contribution in [0.1, 0.15) is 37.8 Å². The summed E-state index contributed by atoms with van der Waals surface area (Å²) in [5.41, 5.74) is 8.50. The Morgan fingerprint density at radius 3 is 2.35 bits per heavy atom. The van der Waals surface area contributed by atoms with Gasteiger partial charge in [0.15, 0.2) is 0 Å². The van der Waals surface area contributed by atoms with Gasteiger partial charge in [-0.15, -0.1) is 0 Å². The lowest BCUT2D eigenvalue weighted by atomic mass is 9.87. The largest absolute Gasteiger partial charge is 0.396 e. The van der Waals surface area contributed by atoms with Gasteiger partial charge in [0.2, 0.25) is 0 Å². The summed E-state index contributed by atoms with van der Waals surface area (Å²) in [6.07, 6.45) is 3.32. The smallest absolute Gasteiger partial charge is 0.0508 e. The first-order valence-corrected chi connectivity index (χ1v) is 6.52. The van der Waals surface area contributed by atoms with Crippen LogP contribution in [0.2, 0.25) is 0 Å². The summed E-state index contributed by atoms with van der Waals surface area (Å²) in [7, 11) is 0. The third-order valence-electron chi connectivity index (χ3n) is 4.56. The Balaban J connectivity index is 2.19. The molecule has 0 amide bonds. The zero-order valence-electron chi connectivity index (χ0n) is 10.9. The van der Waals surface area contributed by atoms with Gasteiger partial charge in [-0.25, -0.2) is 0 Å². The SMILES string of the molecule is CCCc1ccc(C2(C)CC2(CN)CO)cc1. The molecule has 2 nitrogen and oxygen atoms in total. The van der Waals surface area contributed by atoms with Crippen molar-refractivity contribution >= 4 is 0 Å². The molecule has 0 bridgehead atoms. The molecule has 2 heteroatoms. The van der Waals surface area contributed by atoms with E-state index in [4.69, 9.17) is 5.73 Å². The van der Waals surface area contributed by atoms with E-state index in [1.165, 1.54) is 17.5 Å². The van der Waals surface area contributed by atoms with Crippen molar-refractivity contribution in [2.24, 2.45) is 11.1 Å². The maximum absolute atomic E-state index is 9.51. The van der Waals surface area contributed by atoms with Crippen LogP contribution in [-0.2, 0) is 11.8 Å². The molecule has 0 heterocycles. The molecule has 94 valence electrons. The van der Waals surface area contributed by atoms with Crippen LogP contribution >= 0.6 is 0 Å². The first-order valence-electron chi connectivity index (χ1n) is 6.52. The lowest BCUT2D eigenvalue weighted by Crippen LogP contribution is -2.27. The van der Waals surface area contributed by atoms with Crippen molar-refractivity contribution in [3.63, 3.8) is 0 Å². The summed E-state index contributed by atoms with van der Waals surface area (Å²) < 4.78 is 0. The molecule has 1 saturated carbocycles. The van der Waals surface area contributed by atoms with E-state index in [1.807, 2.05) is 0 Å². The van der Waals surface area contributed by atoms with Crippen molar-refractivity contribution in [2.75, 3.05) is 13.2 Å². The fraction of sp³-hybridized carbons (Fsp3) is 0.600. The Morgan fingerprint density at radius 1 is 1.29 bits per heavy atom. The Kier molecular flexibility index (Phi) is 3.28. The fourth-order valence-electron chi connectivity index (χ4n) is 2.96. The molecule has 3 N–H and O–H groups in total. The highest BCUT2D eigenvalue weighted by atomic mass is 16.3. The summed E-state index contributed by atoms with van der Waals surface area (Å²) in [5.74, 6) is 0. The van der Waals surface area contributed by atoms with Gasteiger partial charge in [-0.05, 0) is 24.0 Å². The van der Waals surface area contributed by atoms with E-state index in [-0.39, 0.29) is 17.4 Å². The van der Waals surface area contributed by atoms with Crippen molar-refractivity contribution in [3.8, 4) is 0 Å². The van der Waals surface area contributed by atoms with E-state index in [9.17, 15) is 5.11 Å². The maximum Gasteiger partial charge on any atom is 0.0508 e. The lowest BCUT2D eigenvalue weighted by Gasteiger charge is -2.20. The summed E-state index contributed by atoms with van der Waals surface area (Å²) in [6, 6.07) is 8.83. The number of aryl methyl sites for hydroxylation is 1. The van der Waals surface area contributed by atoms with E-state index in [0.29, 0.717) is 6.54 Å². The minimum absolute atomic E-state index is 0.0707. The molecule has 0 spiro atoms. The highest BCUT2D eigenvalue weighted by molar-refractivity contribution is 5.39. The van der Waals surface area contributed by atoms with Crippen LogP contribution in [-0.4, -0.2) is 18.3 Å². The first-order chi connectivity index (χ1) is 8.12. The number of nitrogens with two attached hydrogens (primary N) is 1. The molecule has 0 aliphatic heterocycles. The second kappa shape index (κ2) is 4.43. The van der Waals surface area contributed by atoms with Crippen LogP contribution in [0.4, 0.5) is 0 Å². The quantitative estimate of drug-likeness (QED) is 0.819. The molecule has 2 rings (SSSR count). The Bertz CT molecular complexity index is 380. The van der Waals surface area contributed by atoms with E-state index in [1.54, 1.807) is 0 Å². The van der Waals surface area contributed by atoms with E-state index in [0.717, 1.165) is 12.8 Å². The zero-order valence-corrected chi connectivity index (χ0v) is 10.9. The summed E-state index contributed by atoms with van der Waals surface area (Å²) in [6.45, 7) is 5.17. The molecule has 1 aliphatic carbocycles. The Hall–Kier alpha value is -0.860. The van der Waals surface area contributed by atoms with Gasteiger partial charge in [0, 0.05) is 17.4 Å². The molecule has 2 unspecified atom stereocenters. The number of rotatable bonds is 5. The van der Waals surface area contributed by atoms with Crippen molar-refractivity contribution in [1.82, 2.24) is 0 Å². The molecular weight excluding hydrogens is 210 g/mol. The average Bonchev–Trinajstić information content (AvgIpc) is 2.98. The standard InChI is InChI=1S/C15H23NO/c1-3-4-12-5-7-13(8-6-12)14(2)9-15(14,10-16)11-17/h5-8,17H,3-4,9-11,16H2,1-2H3. The predicted octanol–water partition coefficient (Wildman–Crippen LogP) is 2.24. The van der Waals surface area contributed by atoms with Crippen LogP contribution in [0.25, 0.3) is 0 Å². The van der Waals surface area contributed by atoms with Gasteiger partial charge >= 0.3 is 0 Å². The minimum Gasteiger partial charge on any atom is -0.396 e. The molecule has 1 aromatic rings. The van der Waals surface area contributed by atoms with Crippen molar-refractivity contribution in [3.05, 3.63) is 35.4 Å². The molecule has 1 aromatic carbocycles. The Morgan fingerprint density at radius 2 is 1.94 bits per heavy atom. The van der Waals surface area contributed by atoms with Crippen LogP contribution < -0.4 is 5.73 Å². The van der Waals surface area contributed by atoms with Gasteiger partial charge < -0.3 is 10.8 Å². The summed E-state index contributed by atoms with van der Waals surface area (Å²) in [5, 5.41) is 9.51. The average molecular weight is 233 g/mol. The number of hydrogen-bond acceptors (Lipinski definition) is 2. The third kappa shape index (κ3) is 1.90. The molecular formula is C15H23NO. The highest BCUT2D eigenvalue weighted by Gasteiger charge is 2.63. The molecule has 1 fully saturated rings. The number of aliphatic hydroxyl groups is 1. The zero-order chi connectivity index (χ0) is 12.5. The third-order valence-corrected chi connectivity index (χ3v) is 4.56. The van der Waals surface area contributed by atoms with Gasteiger partial charge in [0.05, 0.1) is 6.61 Å². The van der Waals surface area contributed by atoms with E-state index < -0.39 is 0 Å². The first kappa shape index (κ1) is 12.6. The molecule has 0 saturated heterocycles. The van der Waals surface area contributed by atoms with Crippen LogP contribution in [0.15, 0.2) is 24.3 Å². The van der Waals surface area contributed by atoms with Crippen LogP contribution in [0, 0.1) is 5.41 Å². The normalized spacial score (nSPS) is 31.5. The van der Waals surface area contributed by atoms with Crippen molar-refractivity contribution in [2.45, 2.75) is 38.5 Å². The fourth-order valence-corrected chi connectivity index (χ4v) is 2.96.